The van der Waals surface area contributed by atoms with Crippen molar-refractivity contribution >= 4 is 23.2 Å². The molecule has 1 heterocycles. The number of aromatic hydroxyl groups is 1. The van der Waals surface area contributed by atoms with Crippen molar-refractivity contribution in [3.63, 3.8) is 0 Å². The molecule has 0 saturated heterocycles. The summed E-state index contributed by atoms with van der Waals surface area (Å²) in [4.78, 5) is 12.1. The highest BCUT2D eigenvalue weighted by atomic mass is 16.5. The first kappa shape index (κ1) is 13.2. The summed E-state index contributed by atoms with van der Waals surface area (Å²) >= 11 is 0. The van der Waals surface area contributed by atoms with Crippen LogP contribution in [0, 0.1) is 0 Å². The fourth-order valence-electron chi connectivity index (χ4n) is 2.37. The number of amides is 1. The minimum atomic E-state index is -0.169. The molecule has 0 radical (unpaired) electrons. The highest BCUT2D eigenvalue weighted by molar-refractivity contribution is 6.35. The largest absolute Gasteiger partial charge is 0.504 e. The number of phenolic OH excluding ortho intramolecular Hbond substituents is 1. The van der Waals surface area contributed by atoms with Crippen LogP contribution in [0.3, 0.4) is 0 Å². The number of anilines is 1. The van der Waals surface area contributed by atoms with Crippen molar-refractivity contribution in [3.05, 3.63) is 53.6 Å². The number of carbonyl (C=O) groups is 1. The maximum Gasteiger partial charge on any atom is 0.256 e. The lowest BCUT2D eigenvalue weighted by atomic mass is 10.0. The zero-order valence-corrected chi connectivity index (χ0v) is 11.6. The van der Waals surface area contributed by atoms with Gasteiger partial charge in [-0.1, -0.05) is 30.3 Å². The van der Waals surface area contributed by atoms with Crippen molar-refractivity contribution in [3.8, 4) is 11.5 Å². The van der Waals surface area contributed by atoms with Gasteiger partial charge in [0.05, 0.1) is 6.61 Å². The fraction of sp³-hybridized carbons (Fsp3) is 0.118. The Kier molecular flexibility index (Phi) is 3.36. The molecule has 0 spiro atoms. The Labute approximate surface area is 122 Å². The highest BCUT2D eigenvalue weighted by Gasteiger charge is 2.23. The second-order valence-electron chi connectivity index (χ2n) is 4.68. The Morgan fingerprint density at radius 3 is 2.81 bits per heavy atom. The molecule has 1 aliphatic rings. The molecular weight excluding hydrogens is 266 g/mol. The zero-order valence-electron chi connectivity index (χ0n) is 11.6. The minimum Gasteiger partial charge on any atom is -0.504 e. The summed E-state index contributed by atoms with van der Waals surface area (Å²) in [5, 5.41) is 13.0. The van der Waals surface area contributed by atoms with Crippen molar-refractivity contribution in [2.75, 3.05) is 11.9 Å². The first-order valence-corrected chi connectivity index (χ1v) is 6.78. The summed E-state index contributed by atoms with van der Waals surface area (Å²) in [6, 6.07) is 12.7. The van der Waals surface area contributed by atoms with Crippen molar-refractivity contribution in [2.45, 2.75) is 6.92 Å². The maximum atomic E-state index is 12.1. The molecule has 1 amide bonds. The summed E-state index contributed by atoms with van der Waals surface area (Å²) < 4.78 is 5.36. The van der Waals surface area contributed by atoms with Gasteiger partial charge in [0.2, 0.25) is 0 Å². The zero-order chi connectivity index (χ0) is 14.8. The van der Waals surface area contributed by atoms with Gasteiger partial charge in [-0.2, -0.15) is 0 Å². The lowest BCUT2D eigenvalue weighted by molar-refractivity contribution is -0.110. The van der Waals surface area contributed by atoms with Gasteiger partial charge in [0, 0.05) is 22.4 Å². The predicted molar refractivity (Wildman–Crippen MR) is 82.2 cm³/mol. The van der Waals surface area contributed by atoms with E-state index in [2.05, 4.69) is 5.32 Å². The van der Waals surface area contributed by atoms with Crippen LogP contribution in [0.5, 0.6) is 11.5 Å². The Bertz CT molecular complexity index is 735. The number of hydrogen-bond donors (Lipinski definition) is 2. The molecule has 2 aromatic rings. The number of benzene rings is 2. The second kappa shape index (κ2) is 5.32. The number of fused-ring (bicyclic) bond motifs is 1. The van der Waals surface area contributed by atoms with Crippen LogP contribution in [0.2, 0.25) is 0 Å². The van der Waals surface area contributed by atoms with E-state index in [1.54, 1.807) is 24.3 Å². The van der Waals surface area contributed by atoms with E-state index in [-0.39, 0.29) is 11.7 Å². The molecule has 21 heavy (non-hydrogen) atoms. The molecule has 106 valence electrons. The Morgan fingerprint density at radius 1 is 1.19 bits per heavy atom. The number of para-hydroxylation sites is 2. The smallest absolute Gasteiger partial charge is 0.256 e. The van der Waals surface area contributed by atoms with Crippen molar-refractivity contribution in [2.24, 2.45) is 0 Å². The van der Waals surface area contributed by atoms with E-state index in [1.807, 2.05) is 31.2 Å². The van der Waals surface area contributed by atoms with Crippen molar-refractivity contribution in [1.82, 2.24) is 0 Å². The number of carbonyl (C=O) groups excluding carboxylic acids is 1. The third-order valence-electron chi connectivity index (χ3n) is 3.34. The van der Waals surface area contributed by atoms with E-state index in [1.165, 1.54) is 0 Å². The summed E-state index contributed by atoms with van der Waals surface area (Å²) in [7, 11) is 0. The van der Waals surface area contributed by atoms with E-state index >= 15 is 0 Å². The van der Waals surface area contributed by atoms with Gasteiger partial charge in [-0.05, 0) is 25.1 Å². The van der Waals surface area contributed by atoms with E-state index in [0.29, 0.717) is 23.5 Å². The van der Waals surface area contributed by atoms with Crippen molar-refractivity contribution in [1.29, 1.82) is 0 Å². The van der Waals surface area contributed by atoms with Crippen molar-refractivity contribution < 1.29 is 14.6 Å². The van der Waals surface area contributed by atoms with Gasteiger partial charge in [-0.3, -0.25) is 4.79 Å². The lowest BCUT2D eigenvalue weighted by Gasteiger charge is -2.08. The molecule has 0 fully saturated rings. The minimum absolute atomic E-state index is 0.0454. The molecule has 0 aliphatic carbocycles. The first-order valence-electron chi connectivity index (χ1n) is 6.78. The molecule has 2 aromatic carbocycles. The third kappa shape index (κ3) is 2.36. The number of hydrogen-bond acceptors (Lipinski definition) is 3. The molecule has 3 rings (SSSR count). The molecule has 0 atom stereocenters. The fourth-order valence-corrected chi connectivity index (χ4v) is 2.37. The van der Waals surface area contributed by atoms with E-state index in [4.69, 9.17) is 4.74 Å². The van der Waals surface area contributed by atoms with Gasteiger partial charge in [0.15, 0.2) is 11.5 Å². The Hall–Kier alpha value is -2.75. The van der Waals surface area contributed by atoms with E-state index in [0.717, 1.165) is 11.3 Å². The SMILES string of the molecule is CCOc1cccc(/C=C2\C(=O)Nc3ccccc32)c1O. The molecule has 0 saturated carbocycles. The maximum absolute atomic E-state index is 12.1. The van der Waals surface area contributed by atoms with Crippen LogP contribution in [-0.4, -0.2) is 17.6 Å². The monoisotopic (exact) mass is 281 g/mol. The summed E-state index contributed by atoms with van der Waals surface area (Å²) in [5.74, 6) is 0.292. The van der Waals surface area contributed by atoms with Gasteiger partial charge in [-0.15, -0.1) is 0 Å². The molecule has 0 unspecified atom stereocenters. The van der Waals surface area contributed by atoms with Gasteiger partial charge >= 0.3 is 0 Å². The van der Waals surface area contributed by atoms with Gasteiger partial charge in [-0.25, -0.2) is 0 Å². The van der Waals surface area contributed by atoms with Crippen LogP contribution >= 0.6 is 0 Å². The lowest BCUT2D eigenvalue weighted by Crippen LogP contribution is -2.03. The average molecular weight is 281 g/mol. The van der Waals surface area contributed by atoms with Gasteiger partial charge in [0.25, 0.3) is 5.91 Å². The van der Waals surface area contributed by atoms with Crippen LogP contribution in [-0.2, 0) is 4.79 Å². The molecule has 4 nitrogen and oxygen atoms in total. The predicted octanol–water partition coefficient (Wildman–Crippen LogP) is 3.28. The number of phenols is 1. The standard InChI is InChI=1S/C17H15NO3/c1-2-21-15-9-5-6-11(16(15)19)10-13-12-7-3-4-8-14(12)18-17(13)20/h3-10,19H,2H2,1H3,(H,18,20)/b13-10-. The molecule has 0 bridgehead atoms. The number of nitrogens with one attached hydrogen (secondary N) is 1. The molecule has 4 heteroatoms. The van der Waals surface area contributed by atoms with Crippen LogP contribution in [0.25, 0.3) is 11.6 Å². The second-order valence-corrected chi connectivity index (χ2v) is 4.68. The normalized spacial score (nSPS) is 14.9. The average Bonchev–Trinajstić information content (AvgIpc) is 2.80. The molecule has 2 N–H and O–H groups in total. The van der Waals surface area contributed by atoms with Gasteiger partial charge in [0.1, 0.15) is 0 Å². The van der Waals surface area contributed by atoms with Crippen LogP contribution in [0.1, 0.15) is 18.1 Å². The highest BCUT2D eigenvalue weighted by Crippen LogP contribution is 2.36. The van der Waals surface area contributed by atoms with Crippen LogP contribution in [0.4, 0.5) is 5.69 Å². The molecule has 1 aliphatic heterocycles. The quantitative estimate of drug-likeness (QED) is 0.849. The molecular formula is C17H15NO3. The van der Waals surface area contributed by atoms with E-state index < -0.39 is 0 Å². The Balaban J connectivity index is 2.07. The number of rotatable bonds is 3. The summed E-state index contributed by atoms with van der Waals surface area (Å²) in [6.07, 6.45) is 1.68. The Morgan fingerprint density at radius 2 is 2.00 bits per heavy atom. The number of ether oxygens (including phenoxy) is 1. The van der Waals surface area contributed by atoms with Gasteiger partial charge < -0.3 is 15.2 Å². The topological polar surface area (TPSA) is 58.6 Å². The summed E-state index contributed by atoms with van der Waals surface area (Å²) in [5.41, 5.74) is 2.72. The summed E-state index contributed by atoms with van der Waals surface area (Å²) in [6.45, 7) is 2.32. The molecule has 0 aromatic heterocycles. The van der Waals surface area contributed by atoms with Crippen LogP contribution in [0.15, 0.2) is 42.5 Å². The van der Waals surface area contributed by atoms with Crippen LogP contribution < -0.4 is 10.1 Å². The first-order chi connectivity index (χ1) is 10.2. The third-order valence-corrected chi connectivity index (χ3v) is 3.34. The van der Waals surface area contributed by atoms with E-state index in [9.17, 15) is 9.90 Å².